The summed E-state index contributed by atoms with van der Waals surface area (Å²) in [4.78, 5) is 15.5. The highest BCUT2D eigenvalue weighted by Gasteiger charge is 2.28. The van der Waals surface area contributed by atoms with E-state index in [2.05, 4.69) is 35.0 Å². The number of rotatable bonds is 8. The van der Waals surface area contributed by atoms with Crippen molar-refractivity contribution in [3.63, 3.8) is 0 Å². The molecule has 28 heavy (non-hydrogen) atoms. The summed E-state index contributed by atoms with van der Waals surface area (Å²) in [5, 5.41) is 7.57. The summed E-state index contributed by atoms with van der Waals surface area (Å²) in [5.74, 6) is 1.99. The van der Waals surface area contributed by atoms with Crippen LogP contribution < -0.4 is 9.47 Å². The van der Waals surface area contributed by atoms with Crippen LogP contribution in [0.2, 0.25) is 0 Å². The quantitative estimate of drug-likeness (QED) is 0.702. The number of nitrogens with zero attached hydrogens (tertiary/aromatic N) is 2. The third kappa shape index (κ3) is 4.93. The van der Waals surface area contributed by atoms with E-state index in [-0.39, 0.29) is 11.7 Å². The van der Waals surface area contributed by atoms with Crippen LogP contribution in [0.4, 0.5) is 0 Å². The van der Waals surface area contributed by atoms with Crippen LogP contribution in [0.25, 0.3) is 0 Å². The minimum Gasteiger partial charge on any atom is -0.497 e. The summed E-state index contributed by atoms with van der Waals surface area (Å²) in [6, 6.07) is 7.55. The molecule has 152 valence electrons. The highest BCUT2D eigenvalue weighted by atomic mass is 16.5. The highest BCUT2D eigenvalue weighted by molar-refractivity contribution is 6.00. The molecule has 0 saturated carbocycles. The summed E-state index contributed by atoms with van der Waals surface area (Å²) >= 11 is 0. The second-order valence-corrected chi connectivity index (χ2v) is 7.99. The molecule has 0 unspecified atom stereocenters. The van der Waals surface area contributed by atoms with E-state index in [9.17, 15) is 4.79 Å². The molecule has 0 amide bonds. The molecule has 0 radical (unpaired) electrons. The monoisotopic (exact) mass is 385 g/mol. The van der Waals surface area contributed by atoms with Gasteiger partial charge >= 0.3 is 0 Å². The lowest BCUT2D eigenvalue weighted by Gasteiger charge is -2.31. The summed E-state index contributed by atoms with van der Waals surface area (Å²) in [7, 11) is 3.20. The van der Waals surface area contributed by atoms with Crippen molar-refractivity contribution in [2.45, 2.75) is 39.7 Å². The van der Waals surface area contributed by atoms with Crippen LogP contribution in [0, 0.1) is 11.8 Å². The van der Waals surface area contributed by atoms with Gasteiger partial charge in [-0.05, 0) is 49.9 Å². The molecule has 1 N–H and O–H groups in total. The van der Waals surface area contributed by atoms with Gasteiger partial charge in [-0.15, -0.1) is 0 Å². The number of benzene rings is 1. The Morgan fingerprint density at radius 3 is 2.82 bits per heavy atom. The zero-order valence-corrected chi connectivity index (χ0v) is 17.3. The second kappa shape index (κ2) is 9.24. The average molecular weight is 386 g/mol. The van der Waals surface area contributed by atoms with E-state index in [4.69, 9.17) is 9.47 Å². The topological polar surface area (TPSA) is 67.5 Å². The van der Waals surface area contributed by atoms with Crippen LogP contribution in [0.15, 0.2) is 24.3 Å². The summed E-state index contributed by atoms with van der Waals surface area (Å²) in [5.41, 5.74) is 2.86. The largest absolute Gasteiger partial charge is 0.497 e. The number of piperidine rings is 1. The van der Waals surface area contributed by atoms with Crippen LogP contribution in [0.3, 0.4) is 0 Å². The molecule has 1 aliphatic heterocycles. The molecule has 1 aliphatic rings. The first-order chi connectivity index (χ1) is 13.5. The first kappa shape index (κ1) is 20.4. The SMILES string of the molecule is COc1ccc(C(=O)[C@H]2CCCN(Cc3cc(CC(C)C)n[nH]3)C2)c(OC)c1. The molecule has 1 aromatic carbocycles. The fourth-order valence-electron chi connectivity index (χ4n) is 3.89. The predicted molar refractivity (Wildman–Crippen MR) is 109 cm³/mol. The number of ether oxygens (including phenoxy) is 2. The summed E-state index contributed by atoms with van der Waals surface area (Å²) in [6.45, 7) is 6.95. The van der Waals surface area contributed by atoms with Crippen LogP contribution in [0.1, 0.15) is 48.4 Å². The Hall–Kier alpha value is -2.34. The van der Waals surface area contributed by atoms with E-state index >= 15 is 0 Å². The third-order valence-corrected chi connectivity index (χ3v) is 5.25. The van der Waals surface area contributed by atoms with Crippen molar-refractivity contribution in [2.24, 2.45) is 11.8 Å². The Labute approximate surface area is 167 Å². The van der Waals surface area contributed by atoms with E-state index in [0.29, 0.717) is 23.0 Å². The molecule has 0 aliphatic carbocycles. The van der Waals surface area contributed by atoms with Gasteiger partial charge in [-0.2, -0.15) is 5.10 Å². The first-order valence-corrected chi connectivity index (χ1v) is 10.0. The molecule has 2 aromatic rings. The highest BCUT2D eigenvalue weighted by Crippen LogP contribution is 2.29. The molecule has 1 saturated heterocycles. The molecule has 2 heterocycles. The third-order valence-electron chi connectivity index (χ3n) is 5.25. The Kier molecular flexibility index (Phi) is 6.73. The smallest absolute Gasteiger partial charge is 0.170 e. The molecule has 1 fully saturated rings. The van der Waals surface area contributed by atoms with Gasteiger partial charge in [0.1, 0.15) is 11.5 Å². The van der Waals surface area contributed by atoms with Gasteiger partial charge in [0.2, 0.25) is 0 Å². The minimum absolute atomic E-state index is 0.0194. The van der Waals surface area contributed by atoms with E-state index in [1.165, 1.54) is 0 Å². The van der Waals surface area contributed by atoms with Crippen molar-refractivity contribution in [1.82, 2.24) is 15.1 Å². The number of H-pyrrole nitrogens is 1. The van der Waals surface area contributed by atoms with Crippen molar-refractivity contribution >= 4 is 5.78 Å². The van der Waals surface area contributed by atoms with Gasteiger partial charge in [-0.3, -0.25) is 14.8 Å². The number of hydrogen-bond acceptors (Lipinski definition) is 5. The molecule has 0 spiro atoms. The van der Waals surface area contributed by atoms with Crippen molar-refractivity contribution in [1.29, 1.82) is 0 Å². The maximum Gasteiger partial charge on any atom is 0.170 e. The molecule has 6 nitrogen and oxygen atoms in total. The van der Waals surface area contributed by atoms with E-state index in [1.54, 1.807) is 20.3 Å². The number of carbonyl (C=O) groups excluding carboxylic acids is 1. The lowest BCUT2D eigenvalue weighted by atomic mass is 9.89. The zero-order chi connectivity index (χ0) is 20.1. The number of aromatic amines is 1. The Bertz CT molecular complexity index is 800. The van der Waals surface area contributed by atoms with Gasteiger partial charge in [-0.25, -0.2) is 0 Å². The van der Waals surface area contributed by atoms with Gasteiger partial charge in [0.05, 0.1) is 25.5 Å². The summed E-state index contributed by atoms with van der Waals surface area (Å²) < 4.78 is 10.7. The van der Waals surface area contributed by atoms with Crippen LogP contribution in [-0.2, 0) is 13.0 Å². The molecular weight excluding hydrogens is 354 g/mol. The fourth-order valence-corrected chi connectivity index (χ4v) is 3.89. The number of methoxy groups -OCH3 is 2. The van der Waals surface area contributed by atoms with Gasteiger partial charge in [0.25, 0.3) is 0 Å². The standard InChI is InChI=1S/C22H31N3O3/c1-15(2)10-17-11-18(24-23-17)14-25-9-5-6-16(13-25)22(26)20-8-7-19(27-3)12-21(20)28-4/h7-8,11-12,15-16H,5-6,9-10,13-14H2,1-4H3,(H,23,24)/t16-/m0/s1. The first-order valence-electron chi connectivity index (χ1n) is 10.0. The lowest BCUT2D eigenvalue weighted by Crippen LogP contribution is -2.38. The number of aromatic nitrogens is 2. The Morgan fingerprint density at radius 2 is 2.11 bits per heavy atom. The minimum atomic E-state index is -0.0194. The fraction of sp³-hybridized carbons (Fsp3) is 0.545. The van der Waals surface area contributed by atoms with Crippen LogP contribution in [-0.4, -0.2) is 48.2 Å². The number of likely N-dealkylation sites (tertiary alicyclic amines) is 1. The van der Waals surface area contributed by atoms with Crippen LogP contribution in [0.5, 0.6) is 11.5 Å². The lowest BCUT2D eigenvalue weighted by molar-refractivity contribution is 0.0807. The van der Waals surface area contributed by atoms with Gasteiger partial charge in [0.15, 0.2) is 5.78 Å². The number of ketones is 1. The van der Waals surface area contributed by atoms with E-state index in [0.717, 1.165) is 50.3 Å². The average Bonchev–Trinajstić information content (AvgIpc) is 3.13. The second-order valence-electron chi connectivity index (χ2n) is 7.99. The normalized spacial score (nSPS) is 17.7. The molecule has 3 rings (SSSR count). The van der Waals surface area contributed by atoms with Gasteiger partial charge < -0.3 is 9.47 Å². The Morgan fingerprint density at radius 1 is 1.29 bits per heavy atom. The maximum absolute atomic E-state index is 13.1. The number of nitrogens with one attached hydrogen (secondary N) is 1. The Balaban J connectivity index is 1.66. The summed E-state index contributed by atoms with van der Waals surface area (Å²) in [6.07, 6.45) is 2.91. The predicted octanol–water partition coefficient (Wildman–Crippen LogP) is 3.72. The van der Waals surface area contributed by atoms with Crippen molar-refractivity contribution < 1.29 is 14.3 Å². The molecule has 1 atom stereocenters. The number of Topliss-reactive ketones (excluding diaryl/α,β-unsaturated/α-hetero) is 1. The van der Waals surface area contributed by atoms with Crippen molar-refractivity contribution in [2.75, 3.05) is 27.3 Å². The van der Waals surface area contributed by atoms with E-state index in [1.807, 2.05) is 12.1 Å². The molecule has 0 bridgehead atoms. The van der Waals surface area contributed by atoms with Gasteiger partial charge in [-0.1, -0.05) is 13.8 Å². The molecule has 1 aromatic heterocycles. The number of carbonyl (C=O) groups is 1. The van der Waals surface area contributed by atoms with Crippen molar-refractivity contribution in [3.05, 3.63) is 41.2 Å². The van der Waals surface area contributed by atoms with Crippen molar-refractivity contribution in [3.8, 4) is 11.5 Å². The molecule has 6 heteroatoms. The molecular formula is C22H31N3O3. The van der Waals surface area contributed by atoms with E-state index < -0.39 is 0 Å². The zero-order valence-electron chi connectivity index (χ0n) is 17.3. The maximum atomic E-state index is 13.1. The van der Waals surface area contributed by atoms with Gasteiger partial charge in [0, 0.05) is 30.8 Å². The van der Waals surface area contributed by atoms with Crippen LogP contribution >= 0.6 is 0 Å². The number of hydrogen-bond donors (Lipinski definition) is 1.